The quantitative estimate of drug-likeness (QED) is 0.245. The van der Waals surface area contributed by atoms with Gasteiger partial charge in [0.2, 0.25) is 6.10 Å². The summed E-state index contributed by atoms with van der Waals surface area (Å²) in [5.74, 6) is -3.70. The van der Waals surface area contributed by atoms with Crippen molar-refractivity contribution in [2.45, 2.75) is 45.3 Å². The van der Waals surface area contributed by atoms with E-state index in [-0.39, 0.29) is 26.4 Å². The molecule has 1 N–H and O–H groups in total. The van der Waals surface area contributed by atoms with Crippen LogP contribution < -0.4 is 0 Å². The lowest BCUT2D eigenvalue weighted by atomic mass is 9.96. The first-order chi connectivity index (χ1) is 13.4. The second kappa shape index (κ2) is 12.1. The standard InChI is InChI=1S/C20H28O8/c1-4-25-17(21)16(28-14-10-13-15-11-8-7-9-12-15)20(24,18(22)26-5-2)19(23)27-6-3/h7-9,11-12,16,24H,4-6,10,13-14H2,1-3H3. The number of aryl methyl sites for hydroxylation is 1. The van der Waals surface area contributed by atoms with Crippen LogP contribution in [0.1, 0.15) is 32.8 Å². The molecule has 1 aromatic carbocycles. The van der Waals surface area contributed by atoms with Crippen molar-refractivity contribution in [1.82, 2.24) is 0 Å². The molecule has 8 nitrogen and oxygen atoms in total. The summed E-state index contributed by atoms with van der Waals surface area (Å²) in [5.41, 5.74) is -1.89. The largest absolute Gasteiger partial charge is 0.464 e. The van der Waals surface area contributed by atoms with E-state index in [0.717, 1.165) is 5.56 Å². The van der Waals surface area contributed by atoms with E-state index in [1.54, 1.807) is 6.92 Å². The van der Waals surface area contributed by atoms with Crippen LogP contribution in [0.25, 0.3) is 0 Å². The molecule has 0 aliphatic rings. The molecule has 156 valence electrons. The number of esters is 3. The topological polar surface area (TPSA) is 108 Å². The number of hydrogen-bond donors (Lipinski definition) is 1. The number of carbonyl (C=O) groups is 3. The predicted molar refractivity (Wildman–Crippen MR) is 99.4 cm³/mol. The van der Waals surface area contributed by atoms with Gasteiger partial charge in [0.05, 0.1) is 19.8 Å². The van der Waals surface area contributed by atoms with E-state index in [4.69, 9.17) is 18.9 Å². The first-order valence-electron chi connectivity index (χ1n) is 9.30. The second-order valence-corrected chi connectivity index (χ2v) is 5.80. The maximum Gasteiger partial charge on any atom is 0.353 e. The Balaban J connectivity index is 2.97. The van der Waals surface area contributed by atoms with Crippen LogP contribution in [0.3, 0.4) is 0 Å². The van der Waals surface area contributed by atoms with Crippen molar-refractivity contribution < 1.29 is 38.4 Å². The Hall–Kier alpha value is -2.45. The van der Waals surface area contributed by atoms with Gasteiger partial charge in [0.25, 0.3) is 5.60 Å². The zero-order chi connectivity index (χ0) is 21.0. The van der Waals surface area contributed by atoms with E-state index in [2.05, 4.69) is 0 Å². The maximum absolute atomic E-state index is 12.3. The molecule has 0 radical (unpaired) electrons. The molecule has 0 amide bonds. The van der Waals surface area contributed by atoms with Gasteiger partial charge in [0, 0.05) is 6.61 Å². The van der Waals surface area contributed by atoms with Crippen LogP contribution >= 0.6 is 0 Å². The van der Waals surface area contributed by atoms with Gasteiger partial charge in [-0.1, -0.05) is 30.3 Å². The van der Waals surface area contributed by atoms with Crippen LogP contribution in [-0.2, 0) is 39.8 Å². The molecule has 8 heteroatoms. The average Bonchev–Trinajstić information content (AvgIpc) is 2.68. The van der Waals surface area contributed by atoms with Crippen molar-refractivity contribution in [3.05, 3.63) is 35.9 Å². The van der Waals surface area contributed by atoms with Gasteiger partial charge in [-0.05, 0) is 39.2 Å². The van der Waals surface area contributed by atoms with Gasteiger partial charge in [-0.25, -0.2) is 14.4 Å². The molecule has 0 aliphatic heterocycles. The van der Waals surface area contributed by atoms with Crippen molar-refractivity contribution in [2.24, 2.45) is 0 Å². The second-order valence-electron chi connectivity index (χ2n) is 5.80. The first-order valence-corrected chi connectivity index (χ1v) is 9.30. The highest BCUT2D eigenvalue weighted by atomic mass is 16.6. The van der Waals surface area contributed by atoms with Crippen LogP contribution in [0.2, 0.25) is 0 Å². The van der Waals surface area contributed by atoms with E-state index in [9.17, 15) is 19.5 Å². The van der Waals surface area contributed by atoms with E-state index in [1.165, 1.54) is 13.8 Å². The molecule has 0 bridgehead atoms. The number of carbonyl (C=O) groups excluding carboxylic acids is 3. The van der Waals surface area contributed by atoms with Crippen LogP contribution in [0.4, 0.5) is 0 Å². The highest BCUT2D eigenvalue weighted by molar-refractivity contribution is 6.08. The Morgan fingerprint density at radius 1 is 0.929 bits per heavy atom. The fraction of sp³-hybridized carbons (Fsp3) is 0.550. The average molecular weight is 396 g/mol. The lowest BCUT2D eigenvalue weighted by Crippen LogP contribution is -2.61. The van der Waals surface area contributed by atoms with Crippen molar-refractivity contribution in [1.29, 1.82) is 0 Å². The van der Waals surface area contributed by atoms with Crippen LogP contribution in [0, 0.1) is 0 Å². The summed E-state index contributed by atoms with van der Waals surface area (Å²) in [5, 5.41) is 10.8. The highest BCUT2D eigenvalue weighted by Crippen LogP contribution is 2.21. The molecule has 0 fully saturated rings. The molecule has 1 atom stereocenters. The molecule has 1 unspecified atom stereocenters. The zero-order valence-electron chi connectivity index (χ0n) is 16.5. The van der Waals surface area contributed by atoms with Crippen molar-refractivity contribution >= 4 is 17.9 Å². The minimum atomic E-state index is -2.95. The van der Waals surface area contributed by atoms with Crippen LogP contribution in [-0.4, -0.2) is 61.1 Å². The lowest BCUT2D eigenvalue weighted by Gasteiger charge is -2.30. The number of ether oxygens (including phenoxy) is 4. The minimum Gasteiger partial charge on any atom is -0.464 e. The monoisotopic (exact) mass is 396 g/mol. The van der Waals surface area contributed by atoms with E-state index in [1.807, 2.05) is 30.3 Å². The molecule has 1 aromatic rings. The highest BCUT2D eigenvalue weighted by Gasteiger charge is 2.58. The van der Waals surface area contributed by atoms with Gasteiger partial charge in [0.15, 0.2) is 0 Å². The fourth-order valence-electron chi connectivity index (χ4n) is 2.48. The zero-order valence-corrected chi connectivity index (χ0v) is 16.5. The first kappa shape index (κ1) is 23.6. The Labute approximate surface area is 164 Å². The summed E-state index contributed by atoms with van der Waals surface area (Å²) in [7, 11) is 0. The van der Waals surface area contributed by atoms with Gasteiger partial charge in [0.1, 0.15) is 0 Å². The van der Waals surface area contributed by atoms with Crippen molar-refractivity contribution in [3.8, 4) is 0 Å². The predicted octanol–water partition coefficient (Wildman–Crippen LogP) is 1.42. The third kappa shape index (κ3) is 6.31. The van der Waals surface area contributed by atoms with Gasteiger partial charge in [-0.3, -0.25) is 0 Å². The smallest absolute Gasteiger partial charge is 0.353 e. The Bertz CT molecular complexity index is 610. The molecule has 0 aromatic heterocycles. The molecular weight excluding hydrogens is 368 g/mol. The maximum atomic E-state index is 12.3. The van der Waals surface area contributed by atoms with E-state index >= 15 is 0 Å². The third-order valence-electron chi connectivity index (χ3n) is 3.79. The molecular formula is C20H28O8. The van der Waals surface area contributed by atoms with Gasteiger partial charge < -0.3 is 24.1 Å². The molecule has 0 heterocycles. The summed E-state index contributed by atoms with van der Waals surface area (Å²) < 4.78 is 19.9. The van der Waals surface area contributed by atoms with Crippen molar-refractivity contribution in [3.63, 3.8) is 0 Å². The fourth-order valence-corrected chi connectivity index (χ4v) is 2.48. The Kier molecular flexibility index (Phi) is 10.2. The lowest BCUT2D eigenvalue weighted by molar-refractivity contribution is -0.208. The van der Waals surface area contributed by atoms with Gasteiger partial charge >= 0.3 is 17.9 Å². The third-order valence-corrected chi connectivity index (χ3v) is 3.79. The molecule has 28 heavy (non-hydrogen) atoms. The molecule has 0 aliphatic carbocycles. The molecule has 0 saturated carbocycles. The molecule has 0 saturated heterocycles. The summed E-state index contributed by atoms with van der Waals surface area (Å²) in [6.45, 7) is 4.32. The minimum absolute atomic E-state index is 0.000501. The number of rotatable bonds is 12. The van der Waals surface area contributed by atoms with Crippen molar-refractivity contribution in [2.75, 3.05) is 26.4 Å². The van der Waals surface area contributed by atoms with E-state index < -0.39 is 29.6 Å². The summed E-state index contributed by atoms with van der Waals surface area (Å²) in [6, 6.07) is 9.58. The van der Waals surface area contributed by atoms with Crippen LogP contribution in [0.5, 0.6) is 0 Å². The van der Waals surface area contributed by atoms with E-state index in [0.29, 0.717) is 12.8 Å². The Morgan fingerprint density at radius 3 is 1.96 bits per heavy atom. The summed E-state index contributed by atoms with van der Waals surface area (Å²) in [4.78, 5) is 37.0. The summed E-state index contributed by atoms with van der Waals surface area (Å²) >= 11 is 0. The number of benzene rings is 1. The Morgan fingerprint density at radius 2 is 1.46 bits per heavy atom. The van der Waals surface area contributed by atoms with Crippen LogP contribution in [0.15, 0.2) is 30.3 Å². The molecule has 1 rings (SSSR count). The number of hydrogen-bond acceptors (Lipinski definition) is 8. The SMILES string of the molecule is CCOC(=O)C(OCCCc1ccccc1)C(O)(C(=O)OCC)C(=O)OCC. The molecule has 0 spiro atoms. The number of aliphatic hydroxyl groups is 1. The normalized spacial score (nSPS) is 12.1. The summed E-state index contributed by atoms with van der Waals surface area (Å²) in [6.07, 6.45) is -0.767. The van der Waals surface area contributed by atoms with Gasteiger partial charge in [-0.2, -0.15) is 0 Å². The van der Waals surface area contributed by atoms with Gasteiger partial charge in [-0.15, -0.1) is 0 Å².